The molecule has 1 saturated carbocycles. The van der Waals surface area contributed by atoms with Crippen molar-refractivity contribution >= 4 is 17.3 Å². The third-order valence-corrected chi connectivity index (χ3v) is 6.94. The molecule has 0 bridgehead atoms. The van der Waals surface area contributed by atoms with Gasteiger partial charge in [0.1, 0.15) is 0 Å². The average molecular weight is 426 g/mol. The molecule has 0 aromatic heterocycles. The molecule has 160 valence electrons. The van der Waals surface area contributed by atoms with Gasteiger partial charge in [0.15, 0.2) is 16.6 Å². The highest BCUT2D eigenvalue weighted by Crippen LogP contribution is 2.47. The van der Waals surface area contributed by atoms with Crippen LogP contribution in [-0.2, 0) is 12.0 Å². The van der Waals surface area contributed by atoms with Gasteiger partial charge >= 0.3 is 0 Å². The number of nitrogens with one attached hydrogen (secondary N) is 3. The number of thiocarbonyl (C=S) groups is 1. The highest BCUT2D eigenvalue weighted by Gasteiger charge is 2.48. The number of rotatable bonds is 6. The maximum Gasteiger partial charge on any atom is 0.166 e. The Labute approximate surface area is 184 Å². The first-order valence-electron chi connectivity index (χ1n) is 10.7. The second-order valence-corrected chi connectivity index (χ2v) is 8.67. The number of ether oxygens (including phenoxy) is 2. The Bertz CT molecular complexity index is 876. The molecule has 3 N–H and O–H groups in total. The first-order valence-corrected chi connectivity index (χ1v) is 11.1. The highest BCUT2D eigenvalue weighted by atomic mass is 32.1. The molecule has 1 aliphatic carbocycles. The zero-order valence-corrected chi connectivity index (χ0v) is 18.6. The monoisotopic (exact) mass is 425 g/mol. The lowest BCUT2D eigenvalue weighted by Crippen LogP contribution is -2.52. The lowest BCUT2D eigenvalue weighted by molar-refractivity contribution is 0.234. The molecule has 2 aliphatic rings. The number of methoxy groups -OCH3 is 2. The Balaban J connectivity index is 1.40. The van der Waals surface area contributed by atoms with Crippen molar-refractivity contribution in [2.75, 3.05) is 20.8 Å². The van der Waals surface area contributed by atoms with Gasteiger partial charge in [-0.2, -0.15) is 0 Å². The summed E-state index contributed by atoms with van der Waals surface area (Å²) in [6.07, 6.45) is 4.43. The predicted molar refractivity (Wildman–Crippen MR) is 124 cm³/mol. The fourth-order valence-corrected chi connectivity index (χ4v) is 5.30. The van der Waals surface area contributed by atoms with E-state index in [0.29, 0.717) is 12.1 Å². The predicted octanol–water partition coefficient (Wildman–Crippen LogP) is 3.52. The van der Waals surface area contributed by atoms with Gasteiger partial charge in [0.2, 0.25) is 0 Å². The van der Waals surface area contributed by atoms with Gasteiger partial charge in [-0.25, -0.2) is 0 Å². The summed E-state index contributed by atoms with van der Waals surface area (Å²) in [5.74, 6) is 1.59. The van der Waals surface area contributed by atoms with Gasteiger partial charge in [0, 0.05) is 24.0 Å². The van der Waals surface area contributed by atoms with Gasteiger partial charge in [0.05, 0.1) is 14.2 Å². The molecule has 30 heavy (non-hydrogen) atoms. The van der Waals surface area contributed by atoms with Crippen molar-refractivity contribution in [2.24, 2.45) is 0 Å². The summed E-state index contributed by atoms with van der Waals surface area (Å²) in [4.78, 5) is 0. The summed E-state index contributed by atoms with van der Waals surface area (Å²) in [7, 11) is 3.38. The Hall–Kier alpha value is -2.31. The molecule has 0 radical (unpaired) electrons. The molecule has 2 aromatic rings. The molecule has 6 heteroatoms. The van der Waals surface area contributed by atoms with E-state index in [1.807, 2.05) is 24.3 Å². The van der Waals surface area contributed by atoms with Crippen LogP contribution in [0.2, 0.25) is 0 Å². The molecule has 5 nitrogen and oxygen atoms in total. The minimum absolute atomic E-state index is 0.150. The summed E-state index contributed by atoms with van der Waals surface area (Å²) >= 11 is 5.56. The molecular weight excluding hydrogens is 394 g/mol. The summed E-state index contributed by atoms with van der Waals surface area (Å²) in [6.45, 7) is 1.79. The van der Waals surface area contributed by atoms with Crippen molar-refractivity contribution in [3.63, 3.8) is 0 Å². The fourth-order valence-electron chi connectivity index (χ4n) is 5.06. The fraction of sp³-hybridized carbons (Fsp3) is 0.458. The van der Waals surface area contributed by atoms with E-state index in [0.717, 1.165) is 55.4 Å². The number of hydrogen-bond acceptors (Lipinski definition) is 4. The van der Waals surface area contributed by atoms with E-state index in [4.69, 9.17) is 21.7 Å². The molecule has 1 aliphatic heterocycles. The number of hydrogen-bond donors (Lipinski definition) is 3. The van der Waals surface area contributed by atoms with Gasteiger partial charge < -0.3 is 25.4 Å². The van der Waals surface area contributed by atoms with Crippen LogP contribution in [-0.4, -0.2) is 38.0 Å². The van der Waals surface area contributed by atoms with Crippen molar-refractivity contribution in [3.8, 4) is 11.5 Å². The Morgan fingerprint density at radius 1 is 1.10 bits per heavy atom. The van der Waals surface area contributed by atoms with Gasteiger partial charge in [-0.3, -0.25) is 0 Å². The summed E-state index contributed by atoms with van der Waals surface area (Å²) < 4.78 is 11.0. The van der Waals surface area contributed by atoms with Gasteiger partial charge in [-0.15, -0.1) is 0 Å². The van der Waals surface area contributed by atoms with E-state index in [1.54, 1.807) is 14.2 Å². The minimum atomic E-state index is 0.150. The van der Waals surface area contributed by atoms with Crippen molar-refractivity contribution in [1.82, 2.24) is 16.0 Å². The van der Waals surface area contributed by atoms with Crippen LogP contribution in [0.3, 0.4) is 0 Å². The zero-order valence-electron chi connectivity index (χ0n) is 17.7. The van der Waals surface area contributed by atoms with Crippen LogP contribution in [0, 0.1) is 0 Å². The van der Waals surface area contributed by atoms with Crippen molar-refractivity contribution in [3.05, 3.63) is 59.7 Å². The molecular formula is C24H31N3O2S. The van der Waals surface area contributed by atoms with Crippen LogP contribution in [0.25, 0.3) is 0 Å². The van der Waals surface area contributed by atoms with E-state index >= 15 is 0 Å². The maximum absolute atomic E-state index is 5.57. The average Bonchev–Trinajstić information content (AvgIpc) is 3.22. The third kappa shape index (κ3) is 4.25. The van der Waals surface area contributed by atoms with Crippen LogP contribution in [0.4, 0.5) is 0 Å². The molecule has 0 amide bonds. The van der Waals surface area contributed by atoms with Crippen LogP contribution in [0.5, 0.6) is 11.5 Å². The molecule has 2 aromatic carbocycles. The second kappa shape index (κ2) is 9.23. The molecule has 0 unspecified atom stereocenters. The molecule has 2 fully saturated rings. The normalized spacial score (nSPS) is 25.3. The summed E-state index contributed by atoms with van der Waals surface area (Å²) in [6, 6.07) is 17.6. The first-order chi connectivity index (χ1) is 14.6. The van der Waals surface area contributed by atoms with E-state index in [2.05, 4.69) is 40.2 Å². The summed E-state index contributed by atoms with van der Waals surface area (Å²) in [5.41, 5.74) is 2.73. The zero-order chi connectivity index (χ0) is 21.0. The van der Waals surface area contributed by atoms with E-state index in [1.165, 1.54) is 11.1 Å². The molecule has 1 heterocycles. The van der Waals surface area contributed by atoms with Gasteiger partial charge in [-0.1, -0.05) is 36.4 Å². The van der Waals surface area contributed by atoms with E-state index in [9.17, 15) is 0 Å². The molecule has 1 saturated heterocycles. The van der Waals surface area contributed by atoms with Crippen LogP contribution in [0.15, 0.2) is 48.5 Å². The molecule has 0 spiro atoms. The Morgan fingerprint density at radius 2 is 1.90 bits per heavy atom. The van der Waals surface area contributed by atoms with E-state index < -0.39 is 0 Å². The first kappa shape index (κ1) is 20.9. The topological polar surface area (TPSA) is 54.5 Å². The number of fused-ring (bicyclic) bond motifs is 1. The van der Waals surface area contributed by atoms with Gasteiger partial charge in [-0.05, 0) is 67.7 Å². The smallest absolute Gasteiger partial charge is 0.166 e. The summed E-state index contributed by atoms with van der Waals surface area (Å²) in [5, 5.41) is 11.4. The third-order valence-electron chi connectivity index (χ3n) is 6.68. The van der Waals surface area contributed by atoms with Crippen molar-refractivity contribution < 1.29 is 9.47 Å². The van der Waals surface area contributed by atoms with Crippen LogP contribution >= 0.6 is 12.2 Å². The SMILES string of the molecule is COc1ccc([C@]23CCN[C@H]2C[C@@H](NC(=S)NCc2ccccc2)CC3)cc1OC. The van der Waals surface area contributed by atoms with Crippen molar-refractivity contribution in [1.29, 1.82) is 0 Å². The van der Waals surface area contributed by atoms with Crippen LogP contribution < -0.4 is 25.4 Å². The minimum Gasteiger partial charge on any atom is -0.493 e. The standard InChI is InChI=1S/C24H31N3O2S/c1-28-20-9-8-18(14-21(20)29-2)24-11-10-19(15-22(24)25-13-12-24)27-23(30)26-16-17-6-4-3-5-7-17/h3-9,14,19,22,25H,10-13,15-16H2,1-2H3,(H2,26,27,30)/t19-,22-,24-/m0/s1. The highest BCUT2D eigenvalue weighted by molar-refractivity contribution is 7.80. The second-order valence-electron chi connectivity index (χ2n) is 8.27. The van der Waals surface area contributed by atoms with Gasteiger partial charge in [0.25, 0.3) is 0 Å². The number of benzene rings is 2. The van der Waals surface area contributed by atoms with E-state index in [-0.39, 0.29) is 5.41 Å². The lowest BCUT2D eigenvalue weighted by atomic mass is 9.65. The maximum atomic E-state index is 5.57. The Morgan fingerprint density at radius 3 is 2.67 bits per heavy atom. The van der Waals surface area contributed by atoms with Crippen molar-refractivity contribution in [2.45, 2.75) is 49.7 Å². The quantitative estimate of drug-likeness (QED) is 0.616. The molecule has 3 atom stereocenters. The lowest BCUT2D eigenvalue weighted by Gasteiger charge is -2.43. The Kier molecular flexibility index (Phi) is 6.44. The largest absolute Gasteiger partial charge is 0.493 e. The van der Waals surface area contributed by atoms with Crippen LogP contribution in [0.1, 0.15) is 36.8 Å². The molecule has 4 rings (SSSR count).